The molecule has 2 aromatic rings. The summed E-state index contributed by atoms with van der Waals surface area (Å²) in [7, 11) is -2.36. The molecule has 0 saturated heterocycles. The Labute approximate surface area is 145 Å². The number of benzene rings is 2. The molecule has 2 aromatic carbocycles. The molecule has 0 atom stereocenters. The fraction of sp³-hybridized carbons (Fsp3) is 0.294. The lowest BCUT2D eigenvalue weighted by Gasteiger charge is -2.22. The molecule has 0 N–H and O–H groups in total. The van der Waals surface area contributed by atoms with Crippen LogP contribution in [0.2, 0.25) is 5.02 Å². The van der Waals surface area contributed by atoms with Gasteiger partial charge in [-0.3, -0.25) is 0 Å². The second-order valence-corrected chi connectivity index (χ2v) is 8.00. The molecule has 7 heteroatoms. The Morgan fingerprint density at radius 1 is 1.21 bits per heavy atom. The molecule has 0 bridgehead atoms. The number of nitrogens with zero attached hydrogens (tertiary/aromatic N) is 1. The van der Waals surface area contributed by atoms with Gasteiger partial charge in [0, 0.05) is 17.6 Å². The maximum absolute atomic E-state index is 14.1. The first-order valence-corrected chi connectivity index (χ1v) is 9.33. The first kappa shape index (κ1) is 17.2. The van der Waals surface area contributed by atoms with Crippen LogP contribution in [0.15, 0.2) is 47.4 Å². The van der Waals surface area contributed by atoms with E-state index in [2.05, 4.69) is 0 Å². The molecule has 0 aromatic heterocycles. The van der Waals surface area contributed by atoms with Gasteiger partial charge in [0.15, 0.2) is 0 Å². The average Bonchev–Trinajstić information content (AvgIpc) is 3.37. The van der Waals surface area contributed by atoms with Crippen LogP contribution in [-0.2, 0) is 16.6 Å². The van der Waals surface area contributed by atoms with Gasteiger partial charge in [0.05, 0.1) is 7.11 Å². The van der Waals surface area contributed by atoms with Crippen LogP contribution in [0.3, 0.4) is 0 Å². The van der Waals surface area contributed by atoms with Crippen molar-refractivity contribution in [2.75, 3.05) is 7.11 Å². The molecule has 1 aliphatic rings. The molecule has 1 fully saturated rings. The second-order valence-electron chi connectivity index (χ2n) is 5.70. The first-order chi connectivity index (χ1) is 11.4. The van der Waals surface area contributed by atoms with Gasteiger partial charge in [-0.1, -0.05) is 23.7 Å². The van der Waals surface area contributed by atoms with Crippen LogP contribution in [0, 0.1) is 5.82 Å². The Kier molecular flexibility index (Phi) is 4.80. The lowest BCUT2D eigenvalue weighted by Crippen LogP contribution is -2.33. The number of methoxy groups -OCH3 is 1. The summed E-state index contributed by atoms with van der Waals surface area (Å²) in [6.07, 6.45) is 1.56. The smallest absolute Gasteiger partial charge is 0.246 e. The second kappa shape index (κ2) is 6.70. The third kappa shape index (κ3) is 3.55. The summed E-state index contributed by atoms with van der Waals surface area (Å²) in [6, 6.07) is 10.7. The number of hydrogen-bond donors (Lipinski definition) is 0. The number of ether oxygens (including phenoxy) is 1. The fourth-order valence-corrected chi connectivity index (χ4v) is 4.37. The Hall–Kier alpha value is -1.63. The van der Waals surface area contributed by atoms with Gasteiger partial charge >= 0.3 is 0 Å². The minimum Gasteiger partial charge on any atom is -0.497 e. The van der Waals surface area contributed by atoms with Crippen molar-refractivity contribution in [2.45, 2.75) is 30.3 Å². The molecule has 24 heavy (non-hydrogen) atoms. The molecule has 0 spiro atoms. The van der Waals surface area contributed by atoms with E-state index >= 15 is 0 Å². The van der Waals surface area contributed by atoms with Crippen molar-refractivity contribution in [3.8, 4) is 5.75 Å². The summed E-state index contributed by atoms with van der Waals surface area (Å²) in [6.45, 7) is 0.194. The van der Waals surface area contributed by atoms with Crippen molar-refractivity contribution in [3.63, 3.8) is 0 Å². The molecule has 0 unspecified atom stereocenters. The van der Waals surface area contributed by atoms with E-state index in [1.807, 2.05) is 12.1 Å². The monoisotopic (exact) mass is 369 g/mol. The van der Waals surface area contributed by atoms with Crippen molar-refractivity contribution < 1.29 is 17.5 Å². The maximum atomic E-state index is 14.1. The topological polar surface area (TPSA) is 46.6 Å². The molecule has 128 valence electrons. The standard InChI is InChI=1S/C17H17ClFNO3S/c1-23-15-7-2-12(3-8-15)11-20(14-5-6-14)24(21,22)17-9-4-13(18)10-16(17)19/h2-4,7-10,14H,5-6,11H2,1H3. The molecule has 0 aliphatic heterocycles. The van der Waals surface area contributed by atoms with Gasteiger partial charge in [0.1, 0.15) is 16.5 Å². The molecule has 0 heterocycles. The zero-order valence-electron chi connectivity index (χ0n) is 13.1. The third-order valence-corrected chi connectivity index (χ3v) is 6.10. The summed E-state index contributed by atoms with van der Waals surface area (Å²) in [5.41, 5.74) is 0.820. The Bertz CT molecular complexity index is 835. The number of hydrogen-bond acceptors (Lipinski definition) is 3. The van der Waals surface area contributed by atoms with Crippen molar-refractivity contribution in [1.29, 1.82) is 0 Å². The van der Waals surface area contributed by atoms with Gasteiger partial charge in [0.25, 0.3) is 0 Å². The lowest BCUT2D eigenvalue weighted by atomic mass is 10.2. The Balaban J connectivity index is 1.92. The van der Waals surface area contributed by atoms with Crippen LogP contribution in [0.1, 0.15) is 18.4 Å². The lowest BCUT2D eigenvalue weighted by molar-refractivity contribution is 0.394. The highest BCUT2D eigenvalue weighted by atomic mass is 35.5. The van der Waals surface area contributed by atoms with Crippen LogP contribution >= 0.6 is 11.6 Å². The highest BCUT2D eigenvalue weighted by molar-refractivity contribution is 7.89. The molecule has 0 radical (unpaired) electrons. The summed E-state index contributed by atoms with van der Waals surface area (Å²) in [5.74, 6) is -0.133. The minimum atomic E-state index is -3.93. The zero-order valence-corrected chi connectivity index (χ0v) is 14.6. The molecular weight excluding hydrogens is 353 g/mol. The van der Waals surface area contributed by atoms with Crippen LogP contribution in [-0.4, -0.2) is 25.9 Å². The van der Waals surface area contributed by atoms with Gasteiger partial charge in [-0.25, -0.2) is 12.8 Å². The fourth-order valence-electron chi connectivity index (χ4n) is 2.49. The predicted molar refractivity (Wildman–Crippen MR) is 90.2 cm³/mol. The van der Waals surface area contributed by atoms with Crippen molar-refractivity contribution >= 4 is 21.6 Å². The summed E-state index contributed by atoms with van der Waals surface area (Å²) in [4.78, 5) is -0.340. The minimum absolute atomic E-state index is 0.0906. The third-order valence-electron chi connectivity index (χ3n) is 3.93. The van der Waals surface area contributed by atoms with Gasteiger partial charge in [-0.05, 0) is 48.7 Å². The van der Waals surface area contributed by atoms with Crippen LogP contribution in [0.5, 0.6) is 5.75 Å². The SMILES string of the molecule is COc1ccc(CN(C2CC2)S(=O)(=O)c2ccc(Cl)cc2F)cc1. The molecule has 1 saturated carbocycles. The molecule has 1 aliphatic carbocycles. The van der Waals surface area contributed by atoms with Gasteiger partial charge in [0.2, 0.25) is 10.0 Å². The van der Waals surface area contributed by atoms with Crippen molar-refractivity contribution in [1.82, 2.24) is 4.31 Å². The summed E-state index contributed by atoms with van der Waals surface area (Å²) in [5, 5.41) is 0.166. The number of rotatable bonds is 6. The number of sulfonamides is 1. The van der Waals surface area contributed by atoms with Crippen LogP contribution in [0.25, 0.3) is 0 Å². The maximum Gasteiger partial charge on any atom is 0.246 e. The summed E-state index contributed by atoms with van der Waals surface area (Å²) >= 11 is 5.72. The molecular formula is C17H17ClFNO3S. The highest BCUT2D eigenvalue weighted by Gasteiger charge is 2.39. The average molecular weight is 370 g/mol. The van der Waals surface area contributed by atoms with Gasteiger partial charge < -0.3 is 4.74 Å². The predicted octanol–water partition coefficient (Wildman–Crippen LogP) is 3.84. The number of halogens is 2. The molecule has 3 rings (SSSR count). The van der Waals surface area contributed by atoms with E-state index in [9.17, 15) is 12.8 Å². The van der Waals surface area contributed by atoms with E-state index in [0.29, 0.717) is 5.75 Å². The van der Waals surface area contributed by atoms with E-state index in [1.54, 1.807) is 19.2 Å². The highest BCUT2D eigenvalue weighted by Crippen LogP contribution is 2.34. The Morgan fingerprint density at radius 3 is 2.42 bits per heavy atom. The van der Waals surface area contributed by atoms with E-state index in [0.717, 1.165) is 24.5 Å². The van der Waals surface area contributed by atoms with Crippen LogP contribution in [0.4, 0.5) is 4.39 Å². The first-order valence-electron chi connectivity index (χ1n) is 7.51. The van der Waals surface area contributed by atoms with E-state index in [-0.39, 0.29) is 22.5 Å². The van der Waals surface area contributed by atoms with Crippen molar-refractivity contribution in [2.24, 2.45) is 0 Å². The van der Waals surface area contributed by atoms with Crippen molar-refractivity contribution in [3.05, 3.63) is 58.9 Å². The Morgan fingerprint density at radius 2 is 1.88 bits per heavy atom. The van der Waals surface area contributed by atoms with E-state index in [1.165, 1.54) is 16.4 Å². The quantitative estimate of drug-likeness (QED) is 0.777. The molecule has 4 nitrogen and oxygen atoms in total. The van der Waals surface area contributed by atoms with Crippen LogP contribution < -0.4 is 4.74 Å². The zero-order chi connectivity index (χ0) is 17.3. The normalized spacial score (nSPS) is 14.8. The van der Waals surface area contributed by atoms with Gasteiger partial charge in [-0.2, -0.15) is 4.31 Å². The van der Waals surface area contributed by atoms with E-state index < -0.39 is 15.8 Å². The van der Waals surface area contributed by atoms with Gasteiger partial charge in [-0.15, -0.1) is 0 Å². The summed E-state index contributed by atoms with van der Waals surface area (Å²) < 4.78 is 46.4. The largest absolute Gasteiger partial charge is 0.497 e. The molecule has 0 amide bonds. The van der Waals surface area contributed by atoms with E-state index in [4.69, 9.17) is 16.3 Å².